The molecule has 1 N–H and O–H groups in total. The van der Waals surface area contributed by atoms with Crippen LogP contribution in [0, 0.1) is 5.82 Å². The Morgan fingerprint density at radius 2 is 1.89 bits per heavy atom. The molecule has 0 aliphatic carbocycles. The van der Waals surface area contributed by atoms with Crippen molar-refractivity contribution in [3.8, 4) is 0 Å². The molecule has 2 nitrogen and oxygen atoms in total. The number of rotatable bonds is 2. The first-order valence-corrected chi connectivity index (χ1v) is 6.35. The largest absolute Gasteiger partial charge is 0.384 e. The number of benzene rings is 2. The van der Waals surface area contributed by atoms with Gasteiger partial charge in [0.2, 0.25) is 0 Å². The molecule has 1 unspecified atom stereocenters. The number of fused-ring (bicyclic) bond motifs is 1. The first-order valence-electron chi connectivity index (χ1n) is 5.97. The second-order valence-electron chi connectivity index (χ2n) is 4.59. The number of hydrogen-bond acceptors (Lipinski definition) is 2. The van der Waals surface area contributed by atoms with Gasteiger partial charge in [0.1, 0.15) is 11.9 Å². The van der Waals surface area contributed by atoms with Crippen molar-refractivity contribution in [2.75, 3.05) is 0 Å². The number of ether oxygens (including phenoxy) is 1. The van der Waals surface area contributed by atoms with Gasteiger partial charge in [-0.2, -0.15) is 0 Å². The zero-order chi connectivity index (χ0) is 13.4. The third kappa shape index (κ3) is 2.37. The van der Waals surface area contributed by atoms with E-state index < -0.39 is 11.9 Å². The molecule has 0 radical (unpaired) electrons. The minimum atomic E-state index is -1.02. The van der Waals surface area contributed by atoms with E-state index in [1.807, 2.05) is 12.1 Å². The summed E-state index contributed by atoms with van der Waals surface area (Å²) < 4.78 is 19.1. The summed E-state index contributed by atoms with van der Waals surface area (Å²) in [6.07, 6.45) is -1.02. The highest BCUT2D eigenvalue weighted by molar-refractivity contribution is 6.30. The second-order valence-corrected chi connectivity index (χ2v) is 5.03. The van der Waals surface area contributed by atoms with Gasteiger partial charge in [0.05, 0.1) is 13.2 Å². The minimum absolute atomic E-state index is 0.186. The molecule has 1 heterocycles. The Kier molecular flexibility index (Phi) is 3.27. The maximum atomic E-state index is 13.7. The lowest BCUT2D eigenvalue weighted by Gasteiger charge is -2.14. The van der Waals surface area contributed by atoms with E-state index >= 15 is 0 Å². The van der Waals surface area contributed by atoms with E-state index in [1.165, 1.54) is 18.2 Å². The number of aliphatic hydroxyl groups is 1. The smallest absolute Gasteiger partial charge is 0.129 e. The quantitative estimate of drug-likeness (QED) is 0.910. The van der Waals surface area contributed by atoms with Gasteiger partial charge in [-0.25, -0.2) is 4.39 Å². The van der Waals surface area contributed by atoms with E-state index in [2.05, 4.69) is 0 Å². The average Bonchev–Trinajstić information content (AvgIpc) is 2.88. The van der Waals surface area contributed by atoms with Crippen LogP contribution in [-0.4, -0.2) is 5.11 Å². The van der Waals surface area contributed by atoms with Crippen molar-refractivity contribution in [2.45, 2.75) is 19.3 Å². The molecular weight excluding hydrogens is 267 g/mol. The Balaban J connectivity index is 1.99. The van der Waals surface area contributed by atoms with Crippen molar-refractivity contribution >= 4 is 11.6 Å². The third-order valence-electron chi connectivity index (χ3n) is 3.31. The fourth-order valence-corrected chi connectivity index (χ4v) is 2.45. The van der Waals surface area contributed by atoms with E-state index in [-0.39, 0.29) is 5.56 Å². The summed E-state index contributed by atoms with van der Waals surface area (Å²) in [7, 11) is 0. The van der Waals surface area contributed by atoms with Crippen LogP contribution in [0.15, 0.2) is 36.4 Å². The molecule has 0 amide bonds. The summed E-state index contributed by atoms with van der Waals surface area (Å²) in [6, 6.07) is 9.72. The molecule has 0 bridgehead atoms. The van der Waals surface area contributed by atoms with E-state index in [4.69, 9.17) is 16.3 Å². The monoisotopic (exact) mass is 278 g/mol. The molecule has 0 aromatic heterocycles. The zero-order valence-corrected chi connectivity index (χ0v) is 10.8. The standard InChI is InChI=1S/C15H12ClFO2/c16-12-3-4-14(17)13(6-12)15(18)9-1-2-10-7-19-8-11(10)5-9/h1-6,15,18H,7-8H2. The fourth-order valence-electron chi connectivity index (χ4n) is 2.27. The number of hydrogen-bond donors (Lipinski definition) is 1. The van der Waals surface area contributed by atoms with Crippen LogP contribution in [-0.2, 0) is 18.0 Å². The molecule has 0 saturated heterocycles. The molecule has 98 valence electrons. The molecule has 19 heavy (non-hydrogen) atoms. The predicted molar refractivity (Wildman–Crippen MR) is 70.4 cm³/mol. The predicted octanol–water partition coefficient (Wildman–Crippen LogP) is 3.59. The Labute approximate surface area is 115 Å². The Hall–Kier alpha value is -1.42. The molecule has 1 aliphatic heterocycles. The summed E-state index contributed by atoms with van der Waals surface area (Å²) in [5.41, 5.74) is 2.98. The molecule has 3 rings (SSSR count). The summed E-state index contributed by atoms with van der Waals surface area (Å²) in [5.74, 6) is -0.464. The van der Waals surface area contributed by atoms with Crippen LogP contribution in [0.1, 0.15) is 28.4 Å². The van der Waals surface area contributed by atoms with Gasteiger partial charge in [-0.05, 0) is 34.9 Å². The first kappa shape index (κ1) is 12.6. The van der Waals surface area contributed by atoms with Gasteiger partial charge in [-0.1, -0.05) is 29.8 Å². The van der Waals surface area contributed by atoms with Crippen LogP contribution >= 0.6 is 11.6 Å². The molecule has 2 aromatic rings. The maximum absolute atomic E-state index is 13.7. The SMILES string of the molecule is OC(c1ccc2c(c1)COC2)c1cc(Cl)ccc1F. The topological polar surface area (TPSA) is 29.5 Å². The number of aliphatic hydroxyl groups excluding tert-OH is 1. The molecule has 1 aliphatic rings. The highest BCUT2D eigenvalue weighted by atomic mass is 35.5. The van der Waals surface area contributed by atoms with Crippen molar-refractivity contribution < 1.29 is 14.2 Å². The third-order valence-corrected chi connectivity index (χ3v) is 3.55. The lowest BCUT2D eigenvalue weighted by Crippen LogP contribution is -2.03. The molecule has 2 aromatic carbocycles. The molecule has 4 heteroatoms. The summed E-state index contributed by atoms with van der Waals surface area (Å²) in [4.78, 5) is 0. The van der Waals surface area contributed by atoms with E-state index in [0.29, 0.717) is 23.8 Å². The van der Waals surface area contributed by atoms with Gasteiger partial charge >= 0.3 is 0 Å². The van der Waals surface area contributed by atoms with Crippen LogP contribution in [0.4, 0.5) is 4.39 Å². The van der Waals surface area contributed by atoms with Crippen LogP contribution in [0.2, 0.25) is 5.02 Å². The van der Waals surface area contributed by atoms with Gasteiger partial charge < -0.3 is 9.84 Å². The van der Waals surface area contributed by atoms with Gasteiger partial charge in [0, 0.05) is 10.6 Å². The summed E-state index contributed by atoms with van der Waals surface area (Å²) >= 11 is 5.84. The highest BCUT2D eigenvalue weighted by Gasteiger charge is 2.18. The lowest BCUT2D eigenvalue weighted by atomic mass is 9.97. The van der Waals surface area contributed by atoms with Gasteiger partial charge in [0.25, 0.3) is 0 Å². The molecule has 0 fully saturated rings. The molecule has 0 saturated carbocycles. The van der Waals surface area contributed by atoms with Crippen molar-refractivity contribution in [1.82, 2.24) is 0 Å². The zero-order valence-electron chi connectivity index (χ0n) is 10.1. The van der Waals surface area contributed by atoms with Crippen LogP contribution < -0.4 is 0 Å². The lowest BCUT2D eigenvalue weighted by molar-refractivity contribution is 0.134. The summed E-state index contributed by atoms with van der Waals surface area (Å²) in [5, 5.41) is 10.7. The van der Waals surface area contributed by atoms with E-state index in [9.17, 15) is 9.50 Å². The minimum Gasteiger partial charge on any atom is -0.384 e. The van der Waals surface area contributed by atoms with Gasteiger partial charge in [-0.15, -0.1) is 0 Å². The normalized spacial score (nSPS) is 15.3. The maximum Gasteiger partial charge on any atom is 0.129 e. The van der Waals surface area contributed by atoms with Crippen molar-refractivity contribution in [1.29, 1.82) is 0 Å². The highest BCUT2D eigenvalue weighted by Crippen LogP contribution is 2.30. The Morgan fingerprint density at radius 3 is 2.74 bits per heavy atom. The van der Waals surface area contributed by atoms with Crippen LogP contribution in [0.5, 0.6) is 0 Å². The van der Waals surface area contributed by atoms with Gasteiger partial charge in [-0.3, -0.25) is 0 Å². The molecule has 1 atom stereocenters. The van der Waals surface area contributed by atoms with Gasteiger partial charge in [0.15, 0.2) is 0 Å². The summed E-state index contributed by atoms with van der Waals surface area (Å²) in [6.45, 7) is 1.13. The molecule has 0 spiro atoms. The Bertz CT molecular complexity index is 628. The van der Waals surface area contributed by atoms with E-state index in [1.54, 1.807) is 6.07 Å². The van der Waals surface area contributed by atoms with Crippen molar-refractivity contribution in [2.24, 2.45) is 0 Å². The number of halogens is 2. The first-order chi connectivity index (χ1) is 9.15. The Morgan fingerprint density at radius 1 is 1.11 bits per heavy atom. The van der Waals surface area contributed by atoms with E-state index in [0.717, 1.165) is 11.1 Å². The molecular formula is C15H12ClFO2. The van der Waals surface area contributed by atoms with Crippen molar-refractivity contribution in [3.05, 3.63) is 69.5 Å². The van der Waals surface area contributed by atoms with Crippen LogP contribution in [0.25, 0.3) is 0 Å². The second kappa shape index (κ2) is 4.93. The van der Waals surface area contributed by atoms with Crippen LogP contribution in [0.3, 0.4) is 0 Å². The fraction of sp³-hybridized carbons (Fsp3) is 0.200. The average molecular weight is 279 g/mol. The van der Waals surface area contributed by atoms with Crippen molar-refractivity contribution in [3.63, 3.8) is 0 Å².